The Bertz CT molecular complexity index is 553. The molecule has 2 N–H and O–H groups in total. The summed E-state index contributed by atoms with van der Waals surface area (Å²) in [5.41, 5.74) is 6.64. The highest BCUT2D eigenvalue weighted by atomic mass is 35.5. The normalized spacial score (nSPS) is 12.6. The van der Waals surface area contributed by atoms with Crippen LogP contribution in [-0.4, -0.2) is 16.7 Å². The number of halogens is 2. The zero-order valence-corrected chi connectivity index (χ0v) is 12.1. The van der Waals surface area contributed by atoms with Gasteiger partial charge in [-0.2, -0.15) is 4.98 Å². The zero-order valence-electron chi connectivity index (χ0n) is 10.6. The lowest BCUT2D eigenvalue weighted by Gasteiger charge is -2.04. The fraction of sp³-hybridized carbons (Fsp3) is 0.385. The van der Waals surface area contributed by atoms with Gasteiger partial charge in [0.2, 0.25) is 5.89 Å². The molecule has 2 rings (SSSR count). The minimum atomic E-state index is 0.120. The number of hydrogen-bond acceptors (Lipinski definition) is 4. The first kappa shape index (κ1) is 14.3. The summed E-state index contributed by atoms with van der Waals surface area (Å²) in [5.74, 6) is 1.34. The molecule has 0 spiro atoms. The van der Waals surface area contributed by atoms with Crippen molar-refractivity contribution in [2.24, 2.45) is 5.73 Å². The number of rotatable bonds is 5. The maximum atomic E-state index is 5.97. The fourth-order valence-corrected chi connectivity index (χ4v) is 2.10. The summed E-state index contributed by atoms with van der Waals surface area (Å²) in [4.78, 5) is 4.37. The Morgan fingerprint density at radius 1 is 1.32 bits per heavy atom. The standard InChI is InChI=1S/C13H15Cl2N3O/c1-2-9(7-16)13-17-12(18-19-13)6-8-3-4-10(14)11(15)5-8/h3-5,9H,2,6-7,16H2,1H3. The van der Waals surface area contributed by atoms with E-state index in [0.29, 0.717) is 34.7 Å². The number of nitrogens with two attached hydrogens (primary N) is 1. The predicted molar refractivity (Wildman–Crippen MR) is 75.7 cm³/mol. The van der Waals surface area contributed by atoms with Gasteiger partial charge in [-0.1, -0.05) is 41.3 Å². The number of aromatic nitrogens is 2. The van der Waals surface area contributed by atoms with Gasteiger partial charge in [0, 0.05) is 13.0 Å². The monoisotopic (exact) mass is 299 g/mol. The molecule has 6 heteroatoms. The summed E-state index contributed by atoms with van der Waals surface area (Å²) in [7, 11) is 0. The third-order valence-electron chi connectivity index (χ3n) is 2.96. The molecule has 1 aromatic heterocycles. The van der Waals surface area contributed by atoms with Crippen molar-refractivity contribution < 1.29 is 4.52 Å². The van der Waals surface area contributed by atoms with E-state index < -0.39 is 0 Å². The van der Waals surface area contributed by atoms with Gasteiger partial charge in [-0.15, -0.1) is 0 Å². The number of benzene rings is 1. The van der Waals surface area contributed by atoms with Crippen molar-refractivity contribution in [1.82, 2.24) is 10.1 Å². The molecular weight excluding hydrogens is 285 g/mol. The van der Waals surface area contributed by atoms with Crippen LogP contribution in [0.1, 0.15) is 36.5 Å². The van der Waals surface area contributed by atoms with Crippen molar-refractivity contribution in [1.29, 1.82) is 0 Å². The van der Waals surface area contributed by atoms with Crippen molar-refractivity contribution in [2.45, 2.75) is 25.7 Å². The highest BCUT2D eigenvalue weighted by Crippen LogP contribution is 2.24. The van der Waals surface area contributed by atoms with Crippen LogP contribution in [0.4, 0.5) is 0 Å². The Hall–Kier alpha value is -1.10. The zero-order chi connectivity index (χ0) is 13.8. The summed E-state index contributed by atoms with van der Waals surface area (Å²) in [6, 6.07) is 5.46. The average molecular weight is 300 g/mol. The molecule has 1 heterocycles. The molecule has 0 aliphatic carbocycles. The largest absolute Gasteiger partial charge is 0.339 e. The lowest BCUT2D eigenvalue weighted by molar-refractivity contribution is 0.348. The molecule has 0 amide bonds. The molecule has 0 aliphatic heterocycles. The first-order chi connectivity index (χ1) is 9.13. The molecule has 1 aromatic carbocycles. The van der Waals surface area contributed by atoms with E-state index in [-0.39, 0.29) is 5.92 Å². The van der Waals surface area contributed by atoms with Crippen LogP contribution in [0.5, 0.6) is 0 Å². The van der Waals surface area contributed by atoms with Crippen LogP contribution < -0.4 is 5.73 Å². The van der Waals surface area contributed by atoms with E-state index in [0.717, 1.165) is 12.0 Å². The van der Waals surface area contributed by atoms with Gasteiger partial charge in [-0.05, 0) is 24.1 Å². The van der Waals surface area contributed by atoms with Crippen molar-refractivity contribution in [3.05, 3.63) is 45.5 Å². The third-order valence-corrected chi connectivity index (χ3v) is 3.70. The Morgan fingerprint density at radius 3 is 2.74 bits per heavy atom. The third kappa shape index (κ3) is 3.47. The molecule has 1 unspecified atom stereocenters. The molecule has 2 aromatic rings. The van der Waals surface area contributed by atoms with E-state index in [1.165, 1.54) is 0 Å². The van der Waals surface area contributed by atoms with Gasteiger partial charge in [-0.25, -0.2) is 0 Å². The van der Waals surface area contributed by atoms with Gasteiger partial charge in [0.15, 0.2) is 5.82 Å². The summed E-state index contributed by atoms with van der Waals surface area (Å²) in [6.45, 7) is 2.55. The molecular formula is C13H15Cl2N3O. The van der Waals surface area contributed by atoms with E-state index in [4.69, 9.17) is 33.5 Å². The lowest BCUT2D eigenvalue weighted by atomic mass is 10.1. The van der Waals surface area contributed by atoms with Crippen LogP contribution in [0.15, 0.2) is 22.7 Å². The van der Waals surface area contributed by atoms with Crippen LogP contribution in [-0.2, 0) is 6.42 Å². The van der Waals surface area contributed by atoms with E-state index >= 15 is 0 Å². The minimum Gasteiger partial charge on any atom is -0.339 e. The second-order valence-electron chi connectivity index (χ2n) is 4.31. The lowest BCUT2D eigenvalue weighted by Crippen LogP contribution is -2.11. The Morgan fingerprint density at radius 2 is 2.11 bits per heavy atom. The Labute approximate surface area is 121 Å². The summed E-state index contributed by atoms with van der Waals surface area (Å²) >= 11 is 11.8. The fourth-order valence-electron chi connectivity index (χ4n) is 1.78. The molecule has 4 nitrogen and oxygen atoms in total. The smallest absolute Gasteiger partial charge is 0.231 e. The van der Waals surface area contributed by atoms with E-state index in [9.17, 15) is 0 Å². The van der Waals surface area contributed by atoms with Gasteiger partial charge >= 0.3 is 0 Å². The first-order valence-corrected chi connectivity index (χ1v) is 6.86. The maximum Gasteiger partial charge on any atom is 0.231 e. The highest BCUT2D eigenvalue weighted by molar-refractivity contribution is 6.42. The van der Waals surface area contributed by atoms with Gasteiger partial charge < -0.3 is 10.3 Å². The number of nitrogens with zero attached hydrogens (tertiary/aromatic N) is 2. The van der Waals surface area contributed by atoms with E-state index in [2.05, 4.69) is 10.1 Å². The van der Waals surface area contributed by atoms with E-state index in [1.54, 1.807) is 12.1 Å². The van der Waals surface area contributed by atoms with Crippen molar-refractivity contribution in [2.75, 3.05) is 6.54 Å². The molecule has 0 bridgehead atoms. The van der Waals surface area contributed by atoms with Crippen molar-refractivity contribution >= 4 is 23.2 Å². The first-order valence-electron chi connectivity index (χ1n) is 6.10. The van der Waals surface area contributed by atoms with Gasteiger partial charge in [0.1, 0.15) is 0 Å². The Balaban J connectivity index is 2.13. The minimum absolute atomic E-state index is 0.120. The maximum absolute atomic E-state index is 5.97. The molecule has 0 fully saturated rings. The molecule has 0 saturated carbocycles. The van der Waals surface area contributed by atoms with Gasteiger partial charge in [0.05, 0.1) is 16.0 Å². The summed E-state index contributed by atoms with van der Waals surface area (Å²) in [5, 5.41) is 5.02. The van der Waals surface area contributed by atoms with Gasteiger partial charge in [0.25, 0.3) is 0 Å². The second-order valence-corrected chi connectivity index (χ2v) is 5.13. The molecule has 1 atom stereocenters. The van der Waals surface area contributed by atoms with Crippen LogP contribution in [0.3, 0.4) is 0 Å². The Kier molecular flexibility index (Phi) is 4.80. The molecule has 0 aliphatic rings. The van der Waals surface area contributed by atoms with Crippen LogP contribution >= 0.6 is 23.2 Å². The second kappa shape index (κ2) is 6.37. The van der Waals surface area contributed by atoms with Gasteiger partial charge in [-0.3, -0.25) is 0 Å². The van der Waals surface area contributed by atoms with E-state index in [1.807, 2.05) is 13.0 Å². The topological polar surface area (TPSA) is 64.9 Å². The summed E-state index contributed by atoms with van der Waals surface area (Å²) in [6.07, 6.45) is 1.44. The molecule has 0 saturated heterocycles. The van der Waals surface area contributed by atoms with Crippen molar-refractivity contribution in [3.8, 4) is 0 Å². The highest BCUT2D eigenvalue weighted by Gasteiger charge is 2.15. The number of hydrogen-bond donors (Lipinski definition) is 1. The van der Waals surface area contributed by atoms with Crippen LogP contribution in [0, 0.1) is 0 Å². The quantitative estimate of drug-likeness (QED) is 0.919. The van der Waals surface area contributed by atoms with Crippen molar-refractivity contribution in [3.63, 3.8) is 0 Å². The SMILES string of the molecule is CCC(CN)c1nc(Cc2ccc(Cl)c(Cl)c2)no1. The van der Waals surface area contributed by atoms with Crippen LogP contribution in [0.25, 0.3) is 0 Å². The predicted octanol–water partition coefficient (Wildman–Crippen LogP) is 3.42. The molecule has 19 heavy (non-hydrogen) atoms. The van der Waals surface area contributed by atoms with Crippen LogP contribution in [0.2, 0.25) is 10.0 Å². The molecule has 0 radical (unpaired) electrons. The average Bonchev–Trinajstić information content (AvgIpc) is 2.84. The molecule has 102 valence electrons. The summed E-state index contributed by atoms with van der Waals surface area (Å²) < 4.78 is 5.23.